The lowest BCUT2D eigenvalue weighted by atomic mass is 10.1. The predicted molar refractivity (Wildman–Crippen MR) is 94.6 cm³/mol. The van der Waals surface area contributed by atoms with Crippen LogP contribution in [0.15, 0.2) is 53.1 Å². The van der Waals surface area contributed by atoms with Gasteiger partial charge < -0.3 is 14.8 Å². The smallest absolute Gasteiger partial charge is 0.170 e. The summed E-state index contributed by atoms with van der Waals surface area (Å²) in [4.78, 5) is 0. The Kier molecular flexibility index (Phi) is 2.82. The molecule has 1 aliphatic rings. The van der Waals surface area contributed by atoms with Crippen molar-refractivity contribution in [1.82, 2.24) is 19.9 Å². The van der Waals surface area contributed by atoms with Crippen LogP contribution >= 0.6 is 0 Å². The van der Waals surface area contributed by atoms with Gasteiger partial charge in [0.05, 0.1) is 12.1 Å². The summed E-state index contributed by atoms with van der Waals surface area (Å²) in [5, 5.41) is 13.1. The zero-order valence-electron chi connectivity index (χ0n) is 13.6. The summed E-state index contributed by atoms with van der Waals surface area (Å²) in [6.07, 6.45) is 0. The maximum atomic E-state index is 5.93. The molecule has 0 bridgehead atoms. The monoisotopic (exact) mass is 329 g/mol. The summed E-state index contributed by atoms with van der Waals surface area (Å²) in [6, 6.07) is 15.9. The first-order chi connectivity index (χ1) is 12.2. The lowest BCUT2D eigenvalue weighted by molar-refractivity contribution is 0.400. The largest absolute Gasteiger partial charge is 0.399 e. The van der Waals surface area contributed by atoms with Gasteiger partial charge in [0, 0.05) is 16.8 Å². The number of hydrogen-bond donors (Lipinski definition) is 1. The molecule has 0 spiro atoms. The Labute approximate surface area is 143 Å². The standard InChI is InChI=1S/C19H15N5O/c1-11-16(17(23-25-11)12-5-3-2-4-6-12)19-22-21-18-15-9-14(20)8-7-13(15)10-24(18)19/h2-9H,10,20H2,1H3. The molecular formula is C19H15N5O. The summed E-state index contributed by atoms with van der Waals surface area (Å²) in [5.74, 6) is 2.32. The average Bonchev–Trinajstić information content (AvgIpc) is 3.29. The van der Waals surface area contributed by atoms with E-state index in [2.05, 4.69) is 19.9 Å². The fraction of sp³-hybridized carbons (Fsp3) is 0.105. The highest BCUT2D eigenvalue weighted by Crippen LogP contribution is 2.39. The summed E-state index contributed by atoms with van der Waals surface area (Å²) in [6.45, 7) is 2.61. The van der Waals surface area contributed by atoms with E-state index in [9.17, 15) is 0 Å². The number of nitrogens with two attached hydrogens (primary N) is 1. The van der Waals surface area contributed by atoms with Crippen molar-refractivity contribution in [3.63, 3.8) is 0 Å². The van der Waals surface area contributed by atoms with Gasteiger partial charge in [-0.2, -0.15) is 0 Å². The number of nitrogens with zero attached hydrogens (tertiary/aromatic N) is 4. The van der Waals surface area contributed by atoms with E-state index in [0.29, 0.717) is 6.54 Å². The first-order valence-corrected chi connectivity index (χ1v) is 8.06. The summed E-state index contributed by atoms with van der Waals surface area (Å²) in [5.41, 5.74) is 11.5. The quantitative estimate of drug-likeness (QED) is 0.501. The van der Waals surface area contributed by atoms with Crippen LogP contribution in [0.4, 0.5) is 5.69 Å². The van der Waals surface area contributed by atoms with Crippen LogP contribution in [-0.2, 0) is 6.54 Å². The molecule has 2 N–H and O–H groups in total. The normalized spacial score (nSPS) is 12.2. The maximum absolute atomic E-state index is 5.93. The van der Waals surface area contributed by atoms with Crippen LogP contribution in [-0.4, -0.2) is 19.9 Å². The van der Waals surface area contributed by atoms with Gasteiger partial charge in [-0.3, -0.25) is 0 Å². The molecule has 25 heavy (non-hydrogen) atoms. The lowest BCUT2D eigenvalue weighted by Gasteiger charge is -2.04. The second-order valence-corrected chi connectivity index (χ2v) is 6.18. The van der Waals surface area contributed by atoms with Crippen LogP contribution in [0.1, 0.15) is 11.3 Å². The van der Waals surface area contributed by atoms with E-state index < -0.39 is 0 Å². The number of benzene rings is 2. The molecule has 5 rings (SSSR count). The molecule has 1 aliphatic heterocycles. The molecule has 4 aromatic rings. The lowest BCUT2D eigenvalue weighted by Crippen LogP contribution is -1.98. The zero-order chi connectivity index (χ0) is 17.0. The van der Waals surface area contributed by atoms with E-state index in [4.69, 9.17) is 10.3 Å². The minimum Gasteiger partial charge on any atom is -0.399 e. The summed E-state index contributed by atoms with van der Waals surface area (Å²) in [7, 11) is 0. The Bertz CT molecular complexity index is 1090. The molecule has 0 fully saturated rings. The number of fused-ring (bicyclic) bond motifs is 3. The van der Waals surface area contributed by atoms with Gasteiger partial charge in [-0.1, -0.05) is 41.6 Å². The summed E-state index contributed by atoms with van der Waals surface area (Å²) >= 11 is 0. The molecule has 0 amide bonds. The number of anilines is 1. The van der Waals surface area contributed by atoms with E-state index in [1.807, 2.05) is 55.5 Å². The van der Waals surface area contributed by atoms with Crippen molar-refractivity contribution in [3.05, 3.63) is 59.9 Å². The van der Waals surface area contributed by atoms with E-state index in [1.54, 1.807) is 0 Å². The average molecular weight is 329 g/mol. The fourth-order valence-electron chi connectivity index (χ4n) is 3.38. The Morgan fingerprint density at radius 2 is 1.84 bits per heavy atom. The molecule has 3 heterocycles. The third kappa shape index (κ3) is 2.00. The van der Waals surface area contributed by atoms with Crippen molar-refractivity contribution < 1.29 is 4.52 Å². The second-order valence-electron chi connectivity index (χ2n) is 6.18. The van der Waals surface area contributed by atoms with Crippen molar-refractivity contribution in [1.29, 1.82) is 0 Å². The van der Waals surface area contributed by atoms with E-state index >= 15 is 0 Å². The van der Waals surface area contributed by atoms with Gasteiger partial charge in [0.2, 0.25) is 0 Å². The van der Waals surface area contributed by atoms with E-state index in [0.717, 1.165) is 45.5 Å². The second kappa shape index (κ2) is 5.04. The van der Waals surface area contributed by atoms with Crippen molar-refractivity contribution in [2.75, 3.05) is 5.73 Å². The molecule has 6 heteroatoms. The van der Waals surface area contributed by atoms with Gasteiger partial charge in [-0.05, 0) is 24.6 Å². The molecule has 122 valence electrons. The fourth-order valence-corrected chi connectivity index (χ4v) is 3.38. The topological polar surface area (TPSA) is 82.8 Å². The highest BCUT2D eigenvalue weighted by atomic mass is 16.5. The third-order valence-corrected chi connectivity index (χ3v) is 4.59. The minimum atomic E-state index is 0.714. The highest BCUT2D eigenvalue weighted by molar-refractivity contribution is 5.81. The molecular weight excluding hydrogens is 314 g/mol. The van der Waals surface area contributed by atoms with Gasteiger partial charge in [-0.25, -0.2) is 0 Å². The van der Waals surface area contributed by atoms with Crippen LogP contribution in [0.2, 0.25) is 0 Å². The Balaban J connectivity index is 1.70. The SMILES string of the molecule is Cc1onc(-c2ccccc2)c1-c1nnc2n1Cc1ccc(N)cc1-2. The molecule has 0 saturated carbocycles. The third-order valence-electron chi connectivity index (χ3n) is 4.59. The summed E-state index contributed by atoms with van der Waals surface area (Å²) < 4.78 is 7.57. The van der Waals surface area contributed by atoms with Crippen LogP contribution in [0.25, 0.3) is 34.0 Å². The van der Waals surface area contributed by atoms with Crippen molar-refractivity contribution in [3.8, 4) is 34.0 Å². The molecule has 0 unspecified atom stereocenters. The van der Waals surface area contributed by atoms with Crippen molar-refractivity contribution in [2.45, 2.75) is 13.5 Å². The van der Waals surface area contributed by atoms with Gasteiger partial charge in [0.25, 0.3) is 0 Å². The number of hydrogen-bond acceptors (Lipinski definition) is 5. The zero-order valence-corrected chi connectivity index (χ0v) is 13.6. The van der Waals surface area contributed by atoms with Crippen LogP contribution in [0, 0.1) is 6.92 Å². The number of rotatable bonds is 2. The molecule has 2 aromatic heterocycles. The van der Waals surface area contributed by atoms with Crippen LogP contribution in [0.5, 0.6) is 0 Å². The van der Waals surface area contributed by atoms with Crippen LogP contribution < -0.4 is 5.73 Å². The van der Waals surface area contributed by atoms with Gasteiger partial charge >= 0.3 is 0 Å². The molecule has 2 aromatic carbocycles. The molecule has 6 nitrogen and oxygen atoms in total. The Hall–Kier alpha value is -3.41. The minimum absolute atomic E-state index is 0.714. The Morgan fingerprint density at radius 1 is 1.04 bits per heavy atom. The van der Waals surface area contributed by atoms with Gasteiger partial charge in [-0.15, -0.1) is 10.2 Å². The molecule has 0 aliphatic carbocycles. The predicted octanol–water partition coefficient (Wildman–Crippen LogP) is 3.52. The number of aryl methyl sites for hydroxylation is 1. The maximum Gasteiger partial charge on any atom is 0.170 e. The van der Waals surface area contributed by atoms with E-state index in [1.165, 1.54) is 5.56 Å². The highest BCUT2D eigenvalue weighted by Gasteiger charge is 2.28. The van der Waals surface area contributed by atoms with Crippen molar-refractivity contribution in [2.24, 2.45) is 0 Å². The first-order valence-electron chi connectivity index (χ1n) is 8.06. The van der Waals surface area contributed by atoms with Gasteiger partial charge in [0.1, 0.15) is 11.5 Å². The number of aromatic nitrogens is 4. The first kappa shape index (κ1) is 14.0. The molecule has 0 saturated heterocycles. The number of nitrogen functional groups attached to an aromatic ring is 1. The molecule has 0 atom stereocenters. The van der Waals surface area contributed by atoms with Crippen molar-refractivity contribution >= 4 is 5.69 Å². The van der Waals surface area contributed by atoms with Crippen LogP contribution in [0.3, 0.4) is 0 Å². The molecule has 0 radical (unpaired) electrons. The Morgan fingerprint density at radius 3 is 2.68 bits per heavy atom. The van der Waals surface area contributed by atoms with Gasteiger partial charge in [0.15, 0.2) is 11.6 Å². The van der Waals surface area contributed by atoms with E-state index in [-0.39, 0.29) is 0 Å².